The average Bonchev–Trinajstić information content (AvgIpc) is 3.96. The van der Waals surface area contributed by atoms with Gasteiger partial charge in [-0.1, -0.05) is 182 Å². The van der Waals surface area contributed by atoms with Gasteiger partial charge in [0.1, 0.15) is 11.2 Å². The zero-order valence-corrected chi connectivity index (χ0v) is 36.6. The van der Waals surface area contributed by atoms with Gasteiger partial charge in [-0.2, -0.15) is 0 Å². The van der Waals surface area contributed by atoms with Gasteiger partial charge in [0, 0.05) is 44.2 Å². The molecule has 0 saturated heterocycles. The highest BCUT2D eigenvalue weighted by Gasteiger charge is 2.21. The molecule has 3 nitrogen and oxygen atoms in total. The van der Waals surface area contributed by atoms with Gasteiger partial charge in [-0.15, -0.1) is 0 Å². The summed E-state index contributed by atoms with van der Waals surface area (Å²) in [4.78, 5) is 2.39. The second-order valence-corrected chi connectivity index (χ2v) is 17.3. The standard InChI is InChI=1S/C64H42N2O/c1-2-14-48-41-50(32-31-43(48)13-1)46-29-27-44(28-30-46)45-33-37-51(38-34-45)65(59-22-7-5-19-56(59)57-21-12-26-63-64(57)58-20-6-10-25-62(58)67-63)52-39-35-47(36-40-52)49-15-11-16-53(42-49)66-60-23-8-3-17-54(60)55-18-4-9-24-61(55)66/h1-42H. The van der Waals surface area contributed by atoms with E-state index in [4.69, 9.17) is 4.42 Å². The number of fused-ring (bicyclic) bond motifs is 7. The van der Waals surface area contributed by atoms with Gasteiger partial charge in [-0.3, -0.25) is 0 Å². The minimum absolute atomic E-state index is 0.878. The molecule has 0 spiro atoms. The van der Waals surface area contributed by atoms with Crippen LogP contribution in [0, 0.1) is 0 Å². The predicted octanol–water partition coefficient (Wildman–Crippen LogP) is 18.0. The van der Waals surface area contributed by atoms with Crippen LogP contribution in [0.1, 0.15) is 0 Å². The molecule has 0 atom stereocenters. The van der Waals surface area contributed by atoms with Gasteiger partial charge in [0.05, 0.1) is 16.7 Å². The molecule has 0 radical (unpaired) electrons. The molecule has 0 saturated carbocycles. The van der Waals surface area contributed by atoms with Gasteiger partial charge in [0.2, 0.25) is 0 Å². The van der Waals surface area contributed by atoms with E-state index in [0.29, 0.717) is 0 Å². The van der Waals surface area contributed by atoms with Crippen molar-refractivity contribution in [3.63, 3.8) is 0 Å². The van der Waals surface area contributed by atoms with Crippen molar-refractivity contribution < 1.29 is 4.42 Å². The molecule has 0 aliphatic heterocycles. The number of hydrogen-bond donors (Lipinski definition) is 0. The molecule has 2 aromatic heterocycles. The number of anilines is 3. The Bertz CT molecular complexity index is 3920. The van der Waals surface area contributed by atoms with E-state index in [-0.39, 0.29) is 0 Å². The van der Waals surface area contributed by atoms with Gasteiger partial charge in [0.15, 0.2) is 0 Å². The molecule has 0 unspecified atom stereocenters. The third-order valence-corrected chi connectivity index (χ3v) is 13.4. The maximum atomic E-state index is 6.40. The van der Waals surface area contributed by atoms with Gasteiger partial charge < -0.3 is 13.9 Å². The molecule has 0 N–H and O–H groups in total. The van der Waals surface area contributed by atoms with Crippen molar-refractivity contribution in [3.05, 3.63) is 255 Å². The first-order chi connectivity index (χ1) is 33.2. The quantitative estimate of drug-likeness (QED) is 0.152. The van der Waals surface area contributed by atoms with Crippen molar-refractivity contribution in [2.24, 2.45) is 0 Å². The van der Waals surface area contributed by atoms with Crippen molar-refractivity contribution in [2.75, 3.05) is 4.90 Å². The van der Waals surface area contributed by atoms with Gasteiger partial charge in [-0.05, 0) is 123 Å². The molecular weight excluding hydrogens is 813 g/mol. The maximum absolute atomic E-state index is 6.40. The molecule has 13 aromatic rings. The molecule has 0 amide bonds. The minimum atomic E-state index is 0.878. The van der Waals surface area contributed by atoms with E-state index in [1.54, 1.807) is 0 Å². The number of nitrogens with zero attached hydrogens (tertiary/aromatic N) is 2. The SMILES string of the molecule is c1cc(-c2ccc(N(c3ccc(-c4ccc(-c5ccc6ccccc6c5)cc4)cc3)c3ccccc3-c3cccc4oc5ccccc5c34)cc2)cc(-n2c3ccccc3c3ccccc32)c1. The summed E-state index contributed by atoms with van der Waals surface area (Å²) in [5, 5.41) is 7.25. The van der Waals surface area contributed by atoms with Crippen molar-refractivity contribution in [2.45, 2.75) is 0 Å². The molecule has 314 valence electrons. The lowest BCUT2D eigenvalue weighted by Gasteiger charge is -2.28. The van der Waals surface area contributed by atoms with E-state index in [2.05, 4.69) is 258 Å². The Hall–Kier alpha value is -8.92. The van der Waals surface area contributed by atoms with Crippen LogP contribution in [0.15, 0.2) is 259 Å². The number of hydrogen-bond acceptors (Lipinski definition) is 2. The summed E-state index contributed by atoms with van der Waals surface area (Å²) in [5.74, 6) is 0. The van der Waals surface area contributed by atoms with Gasteiger partial charge in [0.25, 0.3) is 0 Å². The van der Waals surface area contributed by atoms with E-state index in [9.17, 15) is 0 Å². The molecule has 11 aromatic carbocycles. The van der Waals surface area contributed by atoms with Crippen LogP contribution in [0.5, 0.6) is 0 Å². The zero-order chi connectivity index (χ0) is 44.3. The summed E-state index contributed by atoms with van der Waals surface area (Å²) in [6.45, 7) is 0. The molecular formula is C64H42N2O. The van der Waals surface area contributed by atoms with Crippen LogP contribution in [0.25, 0.3) is 105 Å². The normalized spacial score (nSPS) is 11.6. The van der Waals surface area contributed by atoms with Crippen LogP contribution in [0.2, 0.25) is 0 Å². The number of benzene rings is 11. The van der Waals surface area contributed by atoms with E-state index in [1.165, 1.54) is 49.3 Å². The lowest BCUT2D eigenvalue weighted by Crippen LogP contribution is -2.11. The molecule has 0 aliphatic rings. The van der Waals surface area contributed by atoms with Crippen LogP contribution in [0.3, 0.4) is 0 Å². The number of aromatic nitrogens is 1. The van der Waals surface area contributed by atoms with E-state index >= 15 is 0 Å². The summed E-state index contributed by atoms with van der Waals surface area (Å²) >= 11 is 0. The molecule has 0 aliphatic carbocycles. The summed E-state index contributed by atoms with van der Waals surface area (Å²) < 4.78 is 8.79. The van der Waals surface area contributed by atoms with Crippen LogP contribution < -0.4 is 4.90 Å². The van der Waals surface area contributed by atoms with Crippen molar-refractivity contribution >= 4 is 71.6 Å². The van der Waals surface area contributed by atoms with Crippen LogP contribution in [-0.4, -0.2) is 4.57 Å². The first-order valence-electron chi connectivity index (χ1n) is 22.9. The zero-order valence-electron chi connectivity index (χ0n) is 36.6. The number of rotatable bonds is 8. The first-order valence-corrected chi connectivity index (χ1v) is 22.9. The largest absolute Gasteiger partial charge is 0.456 e. The van der Waals surface area contributed by atoms with E-state index in [1.807, 2.05) is 6.07 Å². The predicted molar refractivity (Wildman–Crippen MR) is 282 cm³/mol. The highest BCUT2D eigenvalue weighted by molar-refractivity contribution is 6.14. The van der Waals surface area contributed by atoms with Crippen molar-refractivity contribution in [1.82, 2.24) is 4.57 Å². The summed E-state index contributed by atoms with van der Waals surface area (Å²) in [6, 6.07) is 91.9. The third kappa shape index (κ3) is 6.67. The smallest absolute Gasteiger partial charge is 0.136 e. The molecule has 67 heavy (non-hydrogen) atoms. The Kier molecular flexibility index (Phi) is 9.17. The fraction of sp³-hybridized carbons (Fsp3) is 0. The van der Waals surface area contributed by atoms with Gasteiger partial charge in [-0.25, -0.2) is 0 Å². The second-order valence-electron chi connectivity index (χ2n) is 17.3. The highest BCUT2D eigenvalue weighted by Crippen LogP contribution is 2.45. The topological polar surface area (TPSA) is 21.3 Å². The van der Waals surface area contributed by atoms with E-state index in [0.717, 1.165) is 72.5 Å². The Morgan fingerprint density at radius 2 is 0.806 bits per heavy atom. The fourth-order valence-electron chi connectivity index (χ4n) is 10.2. The van der Waals surface area contributed by atoms with Crippen molar-refractivity contribution in [3.8, 4) is 50.2 Å². The lowest BCUT2D eigenvalue weighted by molar-refractivity contribution is 0.669. The summed E-state index contributed by atoms with van der Waals surface area (Å²) in [5.41, 5.74) is 17.8. The molecule has 0 fully saturated rings. The minimum Gasteiger partial charge on any atom is -0.456 e. The Balaban J connectivity index is 0.900. The molecule has 3 heteroatoms. The molecule has 2 heterocycles. The number of para-hydroxylation sites is 4. The second kappa shape index (κ2) is 16.0. The first kappa shape index (κ1) is 38.5. The Morgan fingerprint density at radius 1 is 0.313 bits per heavy atom. The molecule has 13 rings (SSSR count). The van der Waals surface area contributed by atoms with E-state index < -0.39 is 0 Å². The van der Waals surface area contributed by atoms with Gasteiger partial charge >= 0.3 is 0 Å². The van der Waals surface area contributed by atoms with Crippen molar-refractivity contribution in [1.29, 1.82) is 0 Å². The van der Waals surface area contributed by atoms with Crippen LogP contribution in [-0.2, 0) is 0 Å². The molecule has 0 bridgehead atoms. The monoisotopic (exact) mass is 854 g/mol. The summed E-state index contributed by atoms with van der Waals surface area (Å²) in [7, 11) is 0. The highest BCUT2D eigenvalue weighted by atomic mass is 16.3. The number of furan rings is 1. The summed E-state index contributed by atoms with van der Waals surface area (Å²) in [6.07, 6.45) is 0. The maximum Gasteiger partial charge on any atom is 0.136 e. The average molecular weight is 855 g/mol. The Morgan fingerprint density at radius 3 is 1.51 bits per heavy atom. The van der Waals surface area contributed by atoms with Crippen LogP contribution in [0.4, 0.5) is 17.1 Å². The lowest BCUT2D eigenvalue weighted by atomic mass is 9.96. The van der Waals surface area contributed by atoms with Crippen LogP contribution >= 0.6 is 0 Å². The fourth-order valence-corrected chi connectivity index (χ4v) is 10.2. The third-order valence-electron chi connectivity index (χ3n) is 13.4. The Labute approximate surface area is 388 Å².